The van der Waals surface area contributed by atoms with Crippen LogP contribution in [0.2, 0.25) is 0 Å². The number of methoxy groups -OCH3 is 1. The molecular weight excluding hydrogens is 501 g/mol. The number of halogens is 1. The van der Waals surface area contributed by atoms with Crippen molar-refractivity contribution in [1.82, 2.24) is 20.9 Å². The first-order valence-corrected chi connectivity index (χ1v) is 12.7. The number of carbonyl (C=O) groups excluding carboxylic acids is 2. The Morgan fingerprint density at radius 3 is 2.46 bits per heavy atom. The molecule has 10 heteroatoms. The summed E-state index contributed by atoms with van der Waals surface area (Å²) in [6.45, 7) is 0.568. The highest BCUT2D eigenvalue weighted by molar-refractivity contribution is 5.97. The van der Waals surface area contributed by atoms with Gasteiger partial charge >= 0.3 is 0 Å². The second-order valence-electron chi connectivity index (χ2n) is 9.49. The van der Waals surface area contributed by atoms with Crippen LogP contribution in [0.4, 0.5) is 10.1 Å². The van der Waals surface area contributed by atoms with Gasteiger partial charge < -0.3 is 25.1 Å². The molecule has 0 saturated carbocycles. The molecule has 0 aliphatic carbocycles. The van der Waals surface area contributed by atoms with E-state index >= 15 is 0 Å². The first kappa shape index (κ1) is 26.1. The molecule has 0 radical (unpaired) electrons. The number of likely N-dealkylation sites (tertiary alicyclic amines) is 1. The molecule has 1 saturated heterocycles. The molecule has 0 aromatic heterocycles. The molecule has 202 valence electrons. The van der Waals surface area contributed by atoms with E-state index in [1.54, 1.807) is 65.8 Å². The van der Waals surface area contributed by atoms with Gasteiger partial charge in [-0.1, -0.05) is 12.1 Å². The van der Waals surface area contributed by atoms with Gasteiger partial charge in [-0.15, -0.1) is 5.53 Å². The first-order valence-electron chi connectivity index (χ1n) is 12.7. The summed E-state index contributed by atoms with van der Waals surface area (Å²) in [6, 6.07) is 19.9. The van der Waals surface area contributed by atoms with Crippen LogP contribution in [0.1, 0.15) is 12.0 Å². The van der Waals surface area contributed by atoms with E-state index < -0.39 is 6.04 Å². The molecule has 9 nitrogen and oxygen atoms in total. The van der Waals surface area contributed by atoms with Crippen molar-refractivity contribution >= 4 is 17.5 Å². The fraction of sp³-hybridized carbons (Fsp3) is 0.241. The minimum Gasteiger partial charge on any atom is -0.497 e. The van der Waals surface area contributed by atoms with E-state index in [4.69, 9.17) is 9.47 Å². The van der Waals surface area contributed by atoms with E-state index in [9.17, 15) is 14.0 Å². The lowest BCUT2D eigenvalue weighted by Gasteiger charge is -2.26. The zero-order valence-electron chi connectivity index (χ0n) is 21.5. The van der Waals surface area contributed by atoms with Gasteiger partial charge in [-0.05, 0) is 85.0 Å². The maximum absolute atomic E-state index is 13.4. The standard InChI is InChI=1S/C29H30FN5O4/c1-38-26-4-2-3-20(16-26)15-21-17-27(35(18-21)28(36)19-34-14-13-31-33-34)29(37)32-23-7-11-25(12-8-23)39-24-9-5-22(30)6-10-24/h2-14,16,21,27,31,33H,15,17-19H2,1H3,(H,32,37)/t21-,27+/m1/s1. The van der Waals surface area contributed by atoms with Crippen molar-refractivity contribution in [3.8, 4) is 17.2 Å². The van der Waals surface area contributed by atoms with Gasteiger partial charge in [-0.25, -0.2) is 4.39 Å². The smallest absolute Gasteiger partial charge is 0.247 e. The van der Waals surface area contributed by atoms with Gasteiger partial charge in [-0.2, -0.15) is 0 Å². The third-order valence-electron chi connectivity index (χ3n) is 6.69. The molecule has 39 heavy (non-hydrogen) atoms. The van der Waals surface area contributed by atoms with Crippen molar-refractivity contribution in [2.24, 2.45) is 5.92 Å². The largest absolute Gasteiger partial charge is 0.497 e. The van der Waals surface area contributed by atoms with E-state index in [-0.39, 0.29) is 30.1 Å². The minimum atomic E-state index is -0.609. The van der Waals surface area contributed by atoms with Crippen LogP contribution in [0.3, 0.4) is 0 Å². The van der Waals surface area contributed by atoms with Gasteiger partial charge in [0.25, 0.3) is 0 Å². The summed E-state index contributed by atoms with van der Waals surface area (Å²) in [5, 5.41) is 4.58. The molecule has 0 unspecified atom stereocenters. The normalized spacial score (nSPS) is 18.1. The number of nitrogens with zero attached hydrogens (tertiary/aromatic N) is 2. The number of ether oxygens (including phenoxy) is 2. The van der Waals surface area contributed by atoms with Crippen LogP contribution in [-0.2, 0) is 16.0 Å². The fourth-order valence-electron chi connectivity index (χ4n) is 4.81. The summed E-state index contributed by atoms with van der Waals surface area (Å²) >= 11 is 0. The van der Waals surface area contributed by atoms with E-state index in [0.29, 0.717) is 30.2 Å². The Kier molecular flexibility index (Phi) is 7.93. The number of hydrogen-bond donors (Lipinski definition) is 3. The summed E-state index contributed by atoms with van der Waals surface area (Å²) in [5.74, 6) is 1.22. The fourth-order valence-corrected chi connectivity index (χ4v) is 4.81. The third-order valence-corrected chi connectivity index (χ3v) is 6.69. The lowest BCUT2D eigenvalue weighted by atomic mass is 9.96. The number of hydrazine groups is 2. The third kappa shape index (κ3) is 6.66. The van der Waals surface area contributed by atoms with Gasteiger partial charge in [-0.3, -0.25) is 14.6 Å². The summed E-state index contributed by atoms with van der Waals surface area (Å²) in [5.41, 5.74) is 7.36. The average Bonchev–Trinajstić information content (AvgIpc) is 3.61. The van der Waals surface area contributed by atoms with Crippen molar-refractivity contribution in [2.45, 2.75) is 18.9 Å². The Labute approximate surface area is 226 Å². The lowest BCUT2D eigenvalue weighted by molar-refractivity contribution is -0.137. The molecule has 3 aromatic rings. The van der Waals surface area contributed by atoms with Crippen molar-refractivity contribution < 1.29 is 23.5 Å². The molecule has 3 N–H and O–H groups in total. The Bertz CT molecular complexity index is 1330. The van der Waals surface area contributed by atoms with E-state index in [2.05, 4.69) is 16.3 Å². The van der Waals surface area contributed by atoms with E-state index in [1.807, 2.05) is 24.3 Å². The number of hydrogen-bond acceptors (Lipinski definition) is 7. The van der Waals surface area contributed by atoms with Crippen LogP contribution in [0, 0.1) is 11.7 Å². The van der Waals surface area contributed by atoms with Crippen molar-refractivity contribution in [3.05, 3.63) is 96.6 Å². The molecule has 1 fully saturated rings. The molecule has 2 atom stereocenters. The SMILES string of the molecule is COc1cccc(C[C@@H]2C[C@@H](C(=O)Nc3ccc(Oc4ccc(F)cc4)cc3)N(C(=O)CN3C=CNN3)C2)c1. The maximum atomic E-state index is 13.4. The Morgan fingerprint density at radius 1 is 1.03 bits per heavy atom. The van der Waals surface area contributed by atoms with Gasteiger partial charge in [0.2, 0.25) is 11.8 Å². The first-order chi connectivity index (χ1) is 19.0. The number of amides is 2. The van der Waals surface area contributed by atoms with Crippen molar-refractivity contribution in [1.29, 1.82) is 0 Å². The van der Waals surface area contributed by atoms with Crippen molar-refractivity contribution in [3.63, 3.8) is 0 Å². The van der Waals surface area contributed by atoms with Crippen molar-refractivity contribution in [2.75, 3.05) is 25.5 Å². The second kappa shape index (κ2) is 11.9. The minimum absolute atomic E-state index is 0.0918. The predicted octanol–water partition coefficient (Wildman–Crippen LogP) is 3.82. The molecule has 0 bridgehead atoms. The average molecular weight is 532 g/mol. The van der Waals surface area contributed by atoms with Gasteiger partial charge in [0.1, 0.15) is 35.7 Å². The Balaban J connectivity index is 1.26. The monoisotopic (exact) mass is 531 g/mol. The predicted molar refractivity (Wildman–Crippen MR) is 144 cm³/mol. The number of anilines is 1. The van der Waals surface area contributed by atoms with Crippen LogP contribution in [0.15, 0.2) is 85.2 Å². The number of nitrogens with one attached hydrogen (secondary N) is 3. The van der Waals surface area contributed by atoms with Crippen LogP contribution in [0.25, 0.3) is 0 Å². The molecule has 2 heterocycles. The van der Waals surface area contributed by atoms with E-state index in [0.717, 1.165) is 17.7 Å². The Morgan fingerprint density at radius 2 is 1.77 bits per heavy atom. The highest BCUT2D eigenvalue weighted by Gasteiger charge is 2.40. The zero-order valence-corrected chi connectivity index (χ0v) is 21.5. The zero-order chi connectivity index (χ0) is 27.2. The number of rotatable bonds is 9. The molecule has 3 aromatic carbocycles. The molecule has 5 rings (SSSR count). The molecular formula is C29H30FN5O4. The summed E-state index contributed by atoms with van der Waals surface area (Å²) < 4.78 is 24.2. The van der Waals surface area contributed by atoms with Gasteiger partial charge in [0.05, 0.1) is 7.11 Å². The topological polar surface area (TPSA) is 95.2 Å². The molecule has 0 spiro atoms. The van der Waals surface area contributed by atoms with Crippen LogP contribution in [0.5, 0.6) is 17.2 Å². The number of benzene rings is 3. The second-order valence-corrected chi connectivity index (χ2v) is 9.49. The maximum Gasteiger partial charge on any atom is 0.247 e. The van der Waals surface area contributed by atoms with Gasteiger partial charge in [0.15, 0.2) is 0 Å². The quantitative estimate of drug-likeness (QED) is 0.387. The molecule has 2 amide bonds. The summed E-state index contributed by atoms with van der Waals surface area (Å²) in [4.78, 5) is 28.3. The van der Waals surface area contributed by atoms with Crippen LogP contribution in [-0.4, -0.2) is 48.0 Å². The highest BCUT2D eigenvalue weighted by Crippen LogP contribution is 2.29. The molecule has 2 aliphatic rings. The molecule has 2 aliphatic heterocycles. The number of carbonyl (C=O) groups is 2. The summed E-state index contributed by atoms with van der Waals surface area (Å²) in [6.07, 6.45) is 4.69. The van der Waals surface area contributed by atoms with Crippen LogP contribution < -0.4 is 25.8 Å². The summed E-state index contributed by atoms with van der Waals surface area (Å²) in [7, 11) is 1.63. The van der Waals surface area contributed by atoms with Gasteiger partial charge in [0, 0.05) is 24.6 Å². The van der Waals surface area contributed by atoms with E-state index in [1.165, 1.54) is 12.1 Å². The van der Waals surface area contributed by atoms with Crippen LogP contribution >= 0.6 is 0 Å². The Hall–Kier alpha value is -4.57. The lowest BCUT2D eigenvalue weighted by Crippen LogP contribution is -2.48. The highest BCUT2D eigenvalue weighted by atomic mass is 19.1.